The van der Waals surface area contributed by atoms with Gasteiger partial charge in [-0.05, 0) is 25.3 Å². The van der Waals surface area contributed by atoms with Crippen molar-refractivity contribution in [3.63, 3.8) is 0 Å². The fourth-order valence-electron chi connectivity index (χ4n) is 3.00. The number of hydrogen-bond acceptors (Lipinski definition) is 2. The van der Waals surface area contributed by atoms with Gasteiger partial charge < -0.3 is 10.2 Å². The molecule has 1 atom stereocenters. The molecule has 1 aromatic carbocycles. The second-order valence-electron chi connectivity index (χ2n) is 6.30. The first kappa shape index (κ1) is 19.6. The summed E-state index contributed by atoms with van der Waals surface area (Å²) >= 11 is 0. The topological polar surface area (TPSA) is 30.9 Å². The lowest BCUT2D eigenvalue weighted by molar-refractivity contribution is -0.181. The zero-order chi connectivity index (χ0) is 18.3. The highest BCUT2D eigenvalue weighted by Crippen LogP contribution is 2.25. The number of benzene rings is 1. The van der Waals surface area contributed by atoms with Gasteiger partial charge in [0.25, 0.3) is 0 Å². The maximum absolute atomic E-state index is 12.8. The van der Waals surface area contributed by atoms with Crippen LogP contribution in [0.4, 0.5) is 13.2 Å². The summed E-state index contributed by atoms with van der Waals surface area (Å²) < 4.78 is 38.4. The van der Waals surface area contributed by atoms with Crippen molar-refractivity contribution in [1.82, 2.24) is 15.1 Å². The minimum absolute atomic E-state index is 0.394. The van der Waals surface area contributed by atoms with Gasteiger partial charge >= 0.3 is 6.18 Å². The summed E-state index contributed by atoms with van der Waals surface area (Å²) in [5.41, 5.74) is 1.30. The highest BCUT2D eigenvalue weighted by atomic mass is 19.4. The first-order valence-electron chi connectivity index (χ1n) is 8.72. The number of nitrogens with one attached hydrogen (secondary N) is 1. The summed E-state index contributed by atoms with van der Waals surface area (Å²) in [6.45, 7) is 3.92. The minimum Gasteiger partial charge on any atom is -0.356 e. The lowest BCUT2D eigenvalue weighted by Crippen LogP contribution is -2.56. The highest BCUT2D eigenvalue weighted by Gasteiger charge is 2.41. The van der Waals surface area contributed by atoms with Crippen LogP contribution in [-0.4, -0.2) is 67.7 Å². The second kappa shape index (κ2) is 9.08. The van der Waals surface area contributed by atoms with Crippen molar-refractivity contribution in [2.75, 3.05) is 39.8 Å². The van der Waals surface area contributed by atoms with E-state index >= 15 is 0 Å². The molecular weight excluding hydrogens is 329 g/mol. The Kier molecular flexibility index (Phi) is 7.11. The van der Waals surface area contributed by atoms with Gasteiger partial charge in [-0.2, -0.15) is 13.2 Å². The van der Waals surface area contributed by atoms with Gasteiger partial charge in [-0.15, -0.1) is 0 Å². The molecule has 2 rings (SSSR count). The van der Waals surface area contributed by atoms with Crippen molar-refractivity contribution in [3.05, 3.63) is 35.9 Å². The van der Waals surface area contributed by atoms with Gasteiger partial charge in [-0.3, -0.25) is 9.89 Å². The van der Waals surface area contributed by atoms with Crippen LogP contribution in [0, 0.1) is 0 Å². The Balaban J connectivity index is 1.73. The Morgan fingerprint density at radius 1 is 1.16 bits per heavy atom. The van der Waals surface area contributed by atoms with Gasteiger partial charge in [0.05, 0.1) is 0 Å². The molecule has 0 radical (unpaired) electrons. The van der Waals surface area contributed by atoms with E-state index in [-0.39, 0.29) is 0 Å². The predicted octanol–water partition coefficient (Wildman–Crippen LogP) is 2.76. The van der Waals surface area contributed by atoms with Gasteiger partial charge in [-0.1, -0.05) is 30.3 Å². The van der Waals surface area contributed by atoms with E-state index < -0.39 is 12.2 Å². The van der Waals surface area contributed by atoms with Crippen LogP contribution in [0.5, 0.6) is 0 Å². The molecule has 1 heterocycles. The van der Waals surface area contributed by atoms with Gasteiger partial charge in [0.1, 0.15) is 6.04 Å². The summed E-state index contributed by atoms with van der Waals surface area (Å²) in [7, 11) is 1.71. The number of piperazine rings is 1. The number of halogens is 3. The molecule has 0 bridgehead atoms. The zero-order valence-corrected chi connectivity index (χ0v) is 14.9. The largest absolute Gasteiger partial charge is 0.403 e. The molecule has 0 aromatic heterocycles. The maximum Gasteiger partial charge on any atom is 0.403 e. The minimum atomic E-state index is -4.17. The monoisotopic (exact) mass is 356 g/mol. The van der Waals surface area contributed by atoms with Gasteiger partial charge in [0, 0.05) is 39.8 Å². The Hall–Kier alpha value is -1.76. The molecule has 1 unspecified atom stereocenters. The predicted molar refractivity (Wildman–Crippen MR) is 94.8 cm³/mol. The standard InChI is InChI=1S/C18H27F3N4/c1-15(18(19,20)21)24-11-13-25(14-12-24)17(22-2)23-10-6-9-16-7-4-3-5-8-16/h3-5,7-8,15H,6,9-14H2,1-2H3,(H,22,23). The number of aryl methyl sites for hydroxylation is 1. The average molecular weight is 356 g/mol. The first-order valence-corrected chi connectivity index (χ1v) is 8.72. The average Bonchev–Trinajstić information content (AvgIpc) is 2.61. The molecule has 1 aliphatic rings. The smallest absolute Gasteiger partial charge is 0.356 e. The molecule has 1 fully saturated rings. The Morgan fingerprint density at radius 3 is 2.36 bits per heavy atom. The van der Waals surface area contributed by atoms with Crippen LogP contribution in [0.3, 0.4) is 0 Å². The maximum atomic E-state index is 12.8. The van der Waals surface area contributed by atoms with Gasteiger partial charge in [0.15, 0.2) is 5.96 Å². The van der Waals surface area contributed by atoms with Crippen LogP contribution in [-0.2, 0) is 6.42 Å². The molecule has 0 aliphatic carbocycles. The van der Waals surface area contributed by atoms with Crippen LogP contribution in [0.2, 0.25) is 0 Å². The van der Waals surface area contributed by atoms with Crippen molar-refractivity contribution >= 4 is 5.96 Å². The number of hydrogen-bond donors (Lipinski definition) is 1. The molecule has 7 heteroatoms. The summed E-state index contributed by atoms with van der Waals surface area (Å²) in [4.78, 5) is 7.78. The molecule has 25 heavy (non-hydrogen) atoms. The molecule has 140 valence electrons. The summed E-state index contributed by atoms with van der Waals surface area (Å²) in [6.07, 6.45) is -2.20. The molecular formula is C18H27F3N4. The van der Waals surface area contributed by atoms with E-state index in [4.69, 9.17) is 0 Å². The molecule has 1 aromatic rings. The van der Waals surface area contributed by atoms with Crippen LogP contribution in [0.15, 0.2) is 35.3 Å². The van der Waals surface area contributed by atoms with Crippen molar-refractivity contribution in [2.45, 2.75) is 32.0 Å². The Labute approximate surface area is 147 Å². The first-order chi connectivity index (χ1) is 11.9. The lowest BCUT2D eigenvalue weighted by atomic mass is 10.1. The highest BCUT2D eigenvalue weighted by molar-refractivity contribution is 5.79. The Bertz CT molecular complexity index is 537. The summed E-state index contributed by atoms with van der Waals surface area (Å²) in [5, 5.41) is 3.32. The summed E-state index contributed by atoms with van der Waals surface area (Å²) in [5.74, 6) is 0.771. The normalized spacial score (nSPS) is 18.3. The quantitative estimate of drug-likeness (QED) is 0.500. The number of rotatable bonds is 5. The van der Waals surface area contributed by atoms with E-state index in [1.165, 1.54) is 17.4 Å². The lowest BCUT2D eigenvalue weighted by Gasteiger charge is -2.39. The van der Waals surface area contributed by atoms with Crippen LogP contribution < -0.4 is 5.32 Å². The van der Waals surface area contributed by atoms with E-state index in [2.05, 4.69) is 22.4 Å². The number of aliphatic imine (C=N–C) groups is 1. The zero-order valence-electron chi connectivity index (χ0n) is 14.9. The molecule has 0 spiro atoms. The molecule has 0 saturated carbocycles. The molecule has 4 nitrogen and oxygen atoms in total. The van der Waals surface area contributed by atoms with Crippen molar-refractivity contribution in [2.24, 2.45) is 4.99 Å². The third-order valence-electron chi connectivity index (χ3n) is 4.62. The third kappa shape index (κ3) is 5.92. The van der Waals surface area contributed by atoms with E-state index in [0.717, 1.165) is 25.3 Å². The molecule has 1 aliphatic heterocycles. The number of guanidine groups is 1. The number of nitrogens with zero attached hydrogens (tertiary/aromatic N) is 3. The fourth-order valence-corrected chi connectivity index (χ4v) is 3.00. The molecule has 0 amide bonds. The van der Waals surface area contributed by atoms with E-state index in [1.54, 1.807) is 7.05 Å². The van der Waals surface area contributed by atoms with Crippen LogP contribution >= 0.6 is 0 Å². The van der Waals surface area contributed by atoms with Crippen LogP contribution in [0.25, 0.3) is 0 Å². The summed E-state index contributed by atoms with van der Waals surface area (Å²) in [6, 6.07) is 8.89. The fraction of sp³-hybridized carbons (Fsp3) is 0.611. The SMILES string of the molecule is CN=C(NCCCc1ccccc1)N1CCN(C(C)C(F)(F)F)CC1. The van der Waals surface area contributed by atoms with E-state index in [9.17, 15) is 13.2 Å². The molecule has 1 N–H and O–H groups in total. The van der Waals surface area contributed by atoms with Crippen molar-refractivity contribution < 1.29 is 13.2 Å². The van der Waals surface area contributed by atoms with Crippen molar-refractivity contribution in [1.29, 1.82) is 0 Å². The number of alkyl halides is 3. The third-order valence-corrected chi connectivity index (χ3v) is 4.62. The second-order valence-corrected chi connectivity index (χ2v) is 6.30. The Morgan fingerprint density at radius 2 is 1.80 bits per heavy atom. The van der Waals surface area contributed by atoms with Crippen LogP contribution in [0.1, 0.15) is 18.9 Å². The van der Waals surface area contributed by atoms with E-state index in [0.29, 0.717) is 26.2 Å². The van der Waals surface area contributed by atoms with Gasteiger partial charge in [0.2, 0.25) is 0 Å². The van der Waals surface area contributed by atoms with Gasteiger partial charge in [-0.25, -0.2) is 0 Å². The van der Waals surface area contributed by atoms with Crippen molar-refractivity contribution in [3.8, 4) is 0 Å². The molecule has 1 saturated heterocycles. The van der Waals surface area contributed by atoms with E-state index in [1.807, 2.05) is 23.1 Å².